The van der Waals surface area contributed by atoms with Gasteiger partial charge in [0.1, 0.15) is 0 Å². The molecule has 1 unspecified atom stereocenters. The Morgan fingerprint density at radius 1 is 0.973 bits per heavy atom. The zero-order valence-electron chi connectivity index (χ0n) is 20.7. The molecule has 10 heteroatoms. The lowest BCUT2D eigenvalue weighted by molar-refractivity contribution is -0.113. The molecule has 9 nitrogen and oxygen atoms in total. The van der Waals surface area contributed by atoms with Crippen LogP contribution in [0, 0.1) is 0 Å². The van der Waals surface area contributed by atoms with E-state index in [2.05, 4.69) is 46.0 Å². The number of amidine groups is 1. The lowest BCUT2D eigenvalue weighted by Crippen LogP contribution is -2.49. The Hall–Kier alpha value is -3.37. The fourth-order valence-corrected chi connectivity index (χ4v) is 6.40. The van der Waals surface area contributed by atoms with Gasteiger partial charge >= 0.3 is 0 Å². The van der Waals surface area contributed by atoms with Crippen molar-refractivity contribution in [3.63, 3.8) is 0 Å². The molecule has 1 aromatic carbocycles. The maximum atomic E-state index is 12.6. The molecular weight excluding hydrogens is 484 g/mol. The minimum absolute atomic E-state index is 0.0684. The standard InChI is InChI=1S/C27H30N8OS/c36-26-23(18-20-8-3-1-4-9-20)37-27(29-26)34-16-14-33(15-17-34)24(21-10-7-13-28-19-21)25-30-31-32-35(25)22-11-5-2-6-12-22/h1,3-4,7-10,13,18-19,22,24H,2,5-6,11-12,14-17H2/b23-18-. The first-order chi connectivity index (χ1) is 18.3. The third-order valence-electron chi connectivity index (χ3n) is 7.34. The Morgan fingerprint density at radius 2 is 1.78 bits per heavy atom. The first-order valence-corrected chi connectivity index (χ1v) is 13.8. The molecule has 1 atom stereocenters. The normalized spacial score (nSPS) is 21.4. The van der Waals surface area contributed by atoms with Crippen molar-refractivity contribution in [2.75, 3.05) is 26.2 Å². The summed E-state index contributed by atoms with van der Waals surface area (Å²) in [7, 11) is 0. The molecule has 2 fully saturated rings. The zero-order chi connectivity index (χ0) is 25.0. The quantitative estimate of drug-likeness (QED) is 0.473. The Bertz CT molecular complexity index is 1280. The van der Waals surface area contributed by atoms with Crippen molar-refractivity contribution in [2.24, 2.45) is 4.99 Å². The average Bonchev–Trinajstić information content (AvgIpc) is 3.58. The van der Waals surface area contributed by atoms with Crippen LogP contribution in [0.5, 0.6) is 0 Å². The van der Waals surface area contributed by atoms with Crippen LogP contribution in [0.3, 0.4) is 0 Å². The van der Waals surface area contributed by atoms with Gasteiger partial charge in [0, 0.05) is 38.6 Å². The van der Waals surface area contributed by atoms with Crippen molar-refractivity contribution in [3.8, 4) is 0 Å². The number of piperazine rings is 1. The molecule has 3 aliphatic rings. The molecule has 0 radical (unpaired) electrons. The summed E-state index contributed by atoms with van der Waals surface area (Å²) >= 11 is 1.47. The zero-order valence-corrected chi connectivity index (χ0v) is 21.5. The van der Waals surface area contributed by atoms with Crippen LogP contribution in [0.4, 0.5) is 0 Å². The van der Waals surface area contributed by atoms with E-state index < -0.39 is 0 Å². The molecule has 1 aliphatic carbocycles. The average molecular weight is 515 g/mol. The fourth-order valence-electron chi connectivity index (χ4n) is 5.43. The largest absolute Gasteiger partial charge is 0.348 e. The number of thioether (sulfide) groups is 1. The summed E-state index contributed by atoms with van der Waals surface area (Å²) in [6.07, 6.45) is 11.6. The third kappa shape index (κ3) is 5.21. The number of hydrogen-bond acceptors (Lipinski definition) is 8. The van der Waals surface area contributed by atoms with Gasteiger partial charge in [-0.3, -0.25) is 14.7 Å². The van der Waals surface area contributed by atoms with Crippen LogP contribution in [-0.2, 0) is 4.79 Å². The van der Waals surface area contributed by atoms with Gasteiger partial charge in [-0.1, -0.05) is 55.7 Å². The number of pyridine rings is 1. The van der Waals surface area contributed by atoms with Gasteiger partial charge in [0.05, 0.1) is 17.0 Å². The predicted octanol–water partition coefficient (Wildman–Crippen LogP) is 3.95. The lowest BCUT2D eigenvalue weighted by atomic mass is 9.95. The number of aliphatic imine (C=N–C) groups is 1. The number of benzene rings is 1. The summed E-state index contributed by atoms with van der Waals surface area (Å²) in [5.74, 6) is 0.732. The summed E-state index contributed by atoms with van der Waals surface area (Å²) in [5, 5.41) is 13.9. The molecule has 1 saturated heterocycles. The SMILES string of the molecule is O=C1N=C(N2CCN(C(c3cccnc3)c3nnnn3C3CCCCC3)CC2)S/C1=C\c1ccccc1. The molecule has 2 aromatic heterocycles. The van der Waals surface area contributed by atoms with Crippen molar-refractivity contribution in [2.45, 2.75) is 44.2 Å². The van der Waals surface area contributed by atoms with Crippen LogP contribution < -0.4 is 0 Å². The number of amides is 1. The molecule has 6 rings (SSSR count). The van der Waals surface area contributed by atoms with E-state index in [1.807, 2.05) is 48.7 Å². The van der Waals surface area contributed by atoms with Gasteiger partial charge in [0.15, 0.2) is 11.0 Å². The van der Waals surface area contributed by atoms with E-state index >= 15 is 0 Å². The number of nitrogens with zero attached hydrogens (tertiary/aromatic N) is 8. The highest BCUT2D eigenvalue weighted by atomic mass is 32.2. The Balaban J connectivity index is 1.19. The predicted molar refractivity (Wildman–Crippen MR) is 144 cm³/mol. The highest BCUT2D eigenvalue weighted by molar-refractivity contribution is 8.18. The molecule has 4 heterocycles. The van der Waals surface area contributed by atoms with E-state index in [0.29, 0.717) is 10.9 Å². The van der Waals surface area contributed by atoms with Crippen LogP contribution in [0.1, 0.15) is 61.1 Å². The number of rotatable bonds is 5. The Labute approximate surface area is 220 Å². The van der Waals surface area contributed by atoms with Crippen molar-refractivity contribution < 1.29 is 4.79 Å². The number of tetrazole rings is 1. The van der Waals surface area contributed by atoms with Crippen LogP contribution in [0.2, 0.25) is 0 Å². The second-order valence-corrected chi connectivity index (χ2v) is 10.7. The third-order valence-corrected chi connectivity index (χ3v) is 8.38. The molecule has 37 heavy (non-hydrogen) atoms. The summed E-state index contributed by atoms with van der Waals surface area (Å²) in [6.45, 7) is 3.17. The van der Waals surface area contributed by atoms with Gasteiger partial charge in [-0.2, -0.15) is 4.99 Å². The van der Waals surface area contributed by atoms with Crippen LogP contribution in [-0.4, -0.2) is 72.2 Å². The minimum atomic E-state index is -0.161. The molecule has 0 spiro atoms. The van der Waals surface area contributed by atoms with Crippen LogP contribution >= 0.6 is 11.8 Å². The number of carbonyl (C=O) groups excluding carboxylic acids is 1. The number of carbonyl (C=O) groups is 1. The Kier molecular flexibility index (Phi) is 7.09. The van der Waals surface area contributed by atoms with E-state index in [4.69, 9.17) is 0 Å². The van der Waals surface area contributed by atoms with Crippen molar-refractivity contribution >= 4 is 28.9 Å². The molecule has 2 aliphatic heterocycles. The van der Waals surface area contributed by atoms with Crippen molar-refractivity contribution in [3.05, 3.63) is 76.7 Å². The summed E-state index contributed by atoms with van der Waals surface area (Å²) < 4.78 is 2.07. The molecule has 1 amide bonds. The topological polar surface area (TPSA) is 92.4 Å². The highest BCUT2D eigenvalue weighted by Gasteiger charge is 2.35. The van der Waals surface area contributed by atoms with Gasteiger partial charge < -0.3 is 4.90 Å². The lowest BCUT2D eigenvalue weighted by Gasteiger charge is -2.39. The summed E-state index contributed by atoms with van der Waals surface area (Å²) in [5.41, 5.74) is 2.10. The molecular formula is C27H30N8OS. The second kappa shape index (κ2) is 10.9. The van der Waals surface area contributed by atoms with Gasteiger partial charge in [0.25, 0.3) is 5.91 Å². The van der Waals surface area contributed by atoms with E-state index in [9.17, 15) is 4.79 Å². The second-order valence-electron chi connectivity index (χ2n) is 9.71. The Morgan fingerprint density at radius 3 is 2.54 bits per heavy atom. The van der Waals surface area contributed by atoms with Gasteiger partial charge in [-0.15, -0.1) is 5.10 Å². The highest BCUT2D eigenvalue weighted by Crippen LogP contribution is 2.35. The molecule has 1 saturated carbocycles. The maximum Gasteiger partial charge on any atom is 0.286 e. The molecule has 0 N–H and O–H groups in total. The maximum absolute atomic E-state index is 12.6. The molecule has 3 aromatic rings. The first kappa shape index (κ1) is 24.0. The van der Waals surface area contributed by atoms with Gasteiger partial charge in [-0.05, 0) is 58.3 Å². The van der Waals surface area contributed by atoms with Crippen LogP contribution in [0.25, 0.3) is 6.08 Å². The monoisotopic (exact) mass is 514 g/mol. The molecule has 190 valence electrons. The van der Waals surface area contributed by atoms with E-state index in [1.165, 1.54) is 31.0 Å². The summed E-state index contributed by atoms with van der Waals surface area (Å²) in [4.78, 5) is 26.7. The number of hydrogen-bond donors (Lipinski definition) is 0. The van der Waals surface area contributed by atoms with Crippen molar-refractivity contribution in [1.29, 1.82) is 0 Å². The number of aromatic nitrogens is 5. The molecule has 0 bridgehead atoms. The van der Waals surface area contributed by atoms with Gasteiger partial charge in [0.2, 0.25) is 0 Å². The van der Waals surface area contributed by atoms with Crippen LogP contribution in [0.15, 0.2) is 64.8 Å². The van der Waals surface area contributed by atoms with Crippen molar-refractivity contribution in [1.82, 2.24) is 35.0 Å². The minimum Gasteiger partial charge on any atom is -0.348 e. The van der Waals surface area contributed by atoms with E-state index in [1.54, 1.807) is 6.20 Å². The summed E-state index contributed by atoms with van der Waals surface area (Å²) in [6, 6.07) is 14.3. The van der Waals surface area contributed by atoms with E-state index in [0.717, 1.165) is 61.1 Å². The van der Waals surface area contributed by atoms with Gasteiger partial charge in [-0.25, -0.2) is 4.68 Å². The first-order valence-electron chi connectivity index (χ1n) is 13.0. The smallest absolute Gasteiger partial charge is 0.286 e. The van der Waals surface area contributed by atoms with E-state index in [-0.39, 0.29) is 11.9 Å². The fraction of sp³-hybridized carbons (Fsp3) is 0.407.